The summed E-state index contributed by atoms with van der Waals surface area (Å²) in [4.78, 5) is 0.662. The smallest absolute Gasteiger partial charge is 0.399 e. The van der Waals surface area contributed by atoms with E-state index in [1.54, 1.807) is 0 Å². The van der Waals surface area contributed by atoms with Gasteiger partial charge in [0.25, 0.3) is 0 Å². The SMILES string of the molecule is CCN(CC(F)(F)F)c1ccc(N)cc1S(=O)(=O)NC. The van der Waals surface area contributed by atoms with Crippen LogP contribution in [0.3, 0.4) is 0 Å². The first-order valence-corrected chi connectivity index (χ1v) is 7.24. The summed E-state index contributed by atoms with van der Waals surface area (Å²) in [5, 5.41) is 0. The van der Waals surface area contributed by atoms with Crippen LogP contribution in [0, 0.1) is 0 Å². The van der Waals surface area contributed by atoms with E-state index in [2.05, 4.69) is 4.72 Å². The first-order valence-electron chi connectivity index (χ1n) is 5.75. The van der Waals surface area contributed by atoms with Gasteiger partial charge in [-0.1, -0.05) is 0 Å². The average Bonchev–Trinajstić information content (AvgIpc) is 2.35. The second-order valence-electron chi connectivity index (χ2n) is 4.06. The highest BCUT2D eigenvalue weighted by molar-refractivity contribution is 7.89. The number of nitrogen functional groups attached to an aromatic ring is 1. The first-order chi connectivity index (χ1) is 9.10. The van der Waals surface area contributed by atoms with Crippen molar-refractivity contribution in [1.82, 2.24) is 4.72 Å². The van der Waals surface area contributed by atoms with E-state index in [1.807, 2.05) is 0 Å². The predicted molar refractivity (Wildman–Crippen MR) is 71.0 cm³/mol. The lowest BCUT2D eigenvalue weighted by molar-refractivity contribution is -0.119. The largest absolute Gasteiger partial charge is 0.405 e. The summed E-state index contributed by atoms with van der Waals surface area (Å²) < 4.78 is 63.5. The molecule has 0 radical (unpaired) electrons. The summed E-state index contributed by atoms with van der Waals surface area (Å²) in [6.07, 6.45) is -4.43. The van der Waals surface area contributed by atoms with Crippen LogP contribution in [0.1, 0.15) is 6.92 Å². The number of nitrogens with zero attached hydrogens (tertiary/aromatic N) is 1. The van der Waals surface area contributed by atoms with E-state index in [4.69, 9.17) is 5.73 Å². The quantitative estimate of drug-likeness (QED) is 0.809. The lowest BCUT2D eigenvalue weighted by Gasteiger charge is -2.26. The number of sulfonamides is 1. The molecule has 0 aliphatic rings. The van der Waals surface area contributed by atoms with Crippen LogP contribution < -0.4 is 15.4 Å². The summed E-state index contributed by atoms with van der Waals surface area (Å²) in [7, 11) is -2.72. The van der Waals surface area contributed by atoms with Crippen molar-refractivity contribution in [3.05, 3.63) is 18.2 Å². The Bertz CT molecular complexity index is 573. The van der Waals surface area contributed by atoms with Gasteiger partial charge in [0.2, 0.25) is 10.0 Å². The van der Waals surface area contributed by atoms with Gasteiger partial charge in [-0.15, -0.1) is 0 Å². The van der Waals surface area contributed by atoms with Crippen molar-refractivity contribution in [3.8, 4) is 0 Å². The number of hydrogen-bond acceptors (Lipinski definition) is 4. The number of benzene rings is 1. The fourth-order valence-electron chi connectivity index (χ4n) is 1.70. The molecule has 0 amide bonds. The van der Waals surface area contributed by atoms with Crippen LogP contribution in [-0.4, -0.2) is 34.7 Å². The molecular formula is C11H16F3N3O2S. The van der Waals surface area contributed by atoms with E-state index in [-0.39, 0.29) is 22.8 Å². The minimum absolute atomic E-state index is 0.00959. The molecule has 0 aliphatic carbocycles. The van der Waals surface area contributed by atoms with Gasteiger partial charge >= 0.3 is 6.18 Å². The molecule has 1 rings (SSSR count). The molecule has 0 spiro atoms. The zero-order valence-electron chi connectivity index (χ0n) is 11.0. The van der Waals surface area contributed by atoms with Crippen molar-refractivity contribution in [1.29, 1.82) is 0 Å². The minimum atomic E-state index is -4.43. The van der Waals surface area contributed by atoms with Gasteiger partial charge in [0.15, 0.2) is 0 Å². The maximum atomic E-state index is 12.5. The highest BCUT2D eigenvalue weighted by Crippen LogP contribution is 2.29. The molecule has 0 aromatic heterocycles. The summed E-state index contributed by atoms with van der Waals surface area (Å²) in [5.41, 5.74) is 5.64. The second kappa shape index (κ2) is 5.88. The fraction of sp³-hybridized carbons (Fsp3) is 0.455. The topological polar surface area (TPSA) is 75.4 Å². The van der Waals surface area contributed by atoms with Gasteiger partial charge in [-0.05, 0) is 32.2 Å². The number of hydrogen-bond donors (Lipinski definition) is 2. The van der Waals surface area contributed by atoms with Crippen LogP contribution in [0.15, 0.2) is 23.1 Å². The van der Waals surface area contributed by atoms with Gasteiger partial charge < -0.3 is 10.6 Å². The van der Waals surface area contributed by atoms with Gasteiger partial charge in [0.05, 0.1) is 5.69 Å². The van der Waals surface area contributed by atoms with Crippen LogP contribution in [0.2, 0.25) is 0 Å². The van der Waals surface area contributed by atoms with E-state index in [0.717, 1.165) is 11.0 Å². The van der Waals surface area contributed by atoms with E-state index in [0.29, 0.717) is 0 Å². The van der Waals surface area contributed by atoms with Crippen molar-refractivity contribution in [2.24, 2.45) is 0 Å². The van der Waals surface area contributed by atoms with Crippen molar-refractivity contribution in [3.63, 3.8) is 0 Å². The molecule has 1 aromatic carbocycles. The number of anilines is 2. The van der Waals surface area contributed by atoms with Crippen LogP contribution in [0.5, 0.6) is 0 Å². The predicted octanol–water partition coefficient (Wildman–Crippen LogP) is 1.57. The summed E-state index contributed by atoms with van der Waals surface area (Å²) in [6, 6.07) is 3.78. The molecule has 5 nitrogen and oxygen atoms in total. The van der Waals surface area contributed by atoms with Crippen molar-refractivity contribution >= 4 is 21.4 Å². The molecule has 0 unspecified atom stereocenters. The van der Waals surface area contributed by atoms with E-state index in [1.165, 1.54) is 26.1 Å². The Hall–Kier alpha value is -1.48. The number of halogens is 3. The Morgan fingerprint density at radius 1 is 1.35 bits per heavy atom. The third-order valence-electron chi connectivity index (χ3n) is 2.63. The van der Waals surface area contributed by atoms with Crippen molar-refractivity contribution < 1.29 is 21.6 Å². The standard InChI is InChI=1S/C11H16F3N3O2S/c1-3-17(7-11(12,13)14)9-5-4-8(15)6-10(9)20(18,19)16-2/h4-6,16H,3,7,15H2,1-2H3. The molecule has 0 saturated heterocycles. The third kappa shape index (κ3) is 4.01. The molecular weight excluding hydrogens is 295 g/mol. The maximum absolute atomic E-state index is 12.5. The maximum Gasteiger partial charge on any atom is 0.405 e. The zero-order chi connectivity index (χ0) is 15.6. The Labute approximate surface area is 115 Å². The molecule has 0 fully saturated rings. The average molecular weight is 311 g/mol. The molecule has 0 bridgehead atoms. The van der Waals surface area contributed by atoms with E-state index < -0.39 is 22.7 Å². The Morgan fingerprint density at radius 3 is 2.40 bits per heavy atom. The van der Waals surface area contributed by atoms with Gasteiger partial charge in [-0.3, -0.25) is 0 Å². The fourth-order valence-corrected chi connectivity index (χ4v) is 2.68. The summed E-state index contributed by atoms with van der Waals surface area (Å²) >= 11 is 0. The first kappa shape index (κ1) is 16.6. The van der Waals surface area contributed by atoms with Gasteiger partial charge in [0, 0.05) is 12.2 Å². The van der Waals surface area contributed by atoms with Gasteiger partial charge in [-0.25, -0.2) is 13.1 Å². The van der Waals surface area contributed by atoms with Crippen molar-refractivity contribution in [2.75, 3.05) is 30.8 Å². The molecule has 1 aromatic rings. The normalized spacial score (nSPS) is 12.4. The monoisotopic (exact) mass is 311 g/mol. The molecule has 9 heteroatoms. The van der Waals surface area contributed by atoms with Crippen LogP contribution in [-0.2, 0) is 10.0 Å². The zero-order valence-corrected chi connectivity index (χ0v) is 11.8. The number of rotatable bonds is 5. The third-order valence-corrected chi connectivity index (χ3v) is 4.08. The lowest BCUT2D eigenvalue weighted by Crippen LogP contribution is -2.35. The Balaban J connectivity index is 3.36. The minimum Gasteiger partial charge on any atom is -0.399 e. The Kier molecular flexibility index (Phi) is 4.87. The molecule has 3 N–H and O–H groups in total. The number of alkyl halides is 3. The van der Waals surface area contributed by atoms with Crippen molar-refractivity contribution in [2.45, 2.75) is 18.0 Å². The highest BCUT2D eigenvalue weighted by Gasteiger charge is 2.32. The summed E-state index contributed by atoms with van der Waals surface area (Å²) in [6.45, 7) is 0.285. The van der Waals surface area contributed by atoms with E-state index >= 15 is 0 Å². The molecule has 0 heterocycles. The van der Waals surface area contributed by atoms with Crippen LogP contribution in [0.25, 0.3) is 0 Å². The lowest BCUT2D eigenvalue weighted by atomic mass is 10.2. The Morgan fingerprint density at radius 2 is 1.95 bits per heavy atom. The van der Waals surface area contributed by atoms with Crippen LogP contribution >= 0.6 is 0 Å². The summed E-state index contributed by atoms with van der Waals surface area (Å²) in [5.74, 6) is 0. The van der Waals surface area contributed by atoms with Gasteiger partial charge in [0.1, 0.15) is 11.4 Å². The molecule has 114 valence electrons. The number of nitrogens with two attached hydrogens (primary N) is 1. The molecule has 20 heavy (non-hydrogen) atoms. The second-order valence-corrected chi connectivity index (χ2v) is 5.92. The van der Waals surface area contributed by atoms with Gasteiger partial charge in [-0.2, -0.15) is 13.2 Å². The van der Waals surface area contributed by atoms with E-state index in [9.17, 15) is 21.6 Å². The molecule has 0 saturated carbocycles. The highest BCUT2D eigenvalue weighted by atomic mass is 32.2. The number of nitrogens with one attached hydrogen (secondary N) is 1. The molecule has 0 atom stereocenters. The van der Waals surface area contributed by atoms with Crippen LogP contribution in [0.4, 0.5) is 24.5 Å². The molecule has 0 aliphatic heterocycles.